The first-order chi connectivity index (χ1) is 6.70. The third-order valence-electron chi connectivity index (χ3n) is 1.85. The van der Waals surface area contributed by atoms with Crippen molar-refractivity contribution in [1.82, 2.24) is 10.3 Å². The Morgan fingerprint density at radius 1 is 1.71 bits per heavy atom. The number of aromatic nitrogens is 1. The molecule has 3 N–H and O–H groups in total. The van der Waals surface area contributed by atoms with Crippen molar-refractivity contribution in [3.8, 4) is 0 Å². The van der Waals surface area contributed by atoms with E-state index in [4.69, 9.17) is 5.73 Å². The van der Waals surface area contributed by atoms with Crippen LogP contribution in [0.2, 0.25) is 0 Å². The molecule has 0 spiro atoms. The summed E-state index contributed by atoms with van der Waals surface area (Å²) in [7, 11) is 0. The van der Waals surface area contributed by atoms with Gasteiger partial charge in [-0.3, -0.25) is 9.78 Å². The lowest BCUT2D eigenvalue weighted by Gasteiger charge is -2.06. The Bertz CT molecular complexity index is 285. The third kappa shape index (κ3) is 3.53. The first-order valence-electron chi connectivity index (χ1n) is 4.62. The van der Waals surface area contributed by atoms with Gasteiger partial charge in [0.2, 0.25) is 5.91 Å². The second kappa shape index (κ2) is 5.34. The quantitative estimate of drug-likeness (QED) is 0.712. The lowest BCUT2D eigenvalue weighted by Crippen LogP contribution is -2.39. The molecule has 14 heavy (non-hydrogen) atoms. The highest BCUT2D eigenvalue weighted by atomic mass is 16.2. The van der Waals surface area contributed by atoms with E-state index in [0.717, 1.165) is 12.0 Å². The number of nitrogens with zero attached hydrogens (tertiary/aromatic N) is 1. The predicted octanol–water partition coefficient (Wildman–Crippen LogP) is 0.0875. The summed E-state index contributed by atoms with van der Waals surface area (Å²) in [6.07, 6.45) is 4.30. The van der Waals surface area contributed by atoms with Gasteiger partial charge < -0.3 is 11.1 Å². The molecule has 1 heterocycles. The topological polar surface area (TPSA) is 68.0 Å². The molecule has 0 aliphatic heterocycles. The third-order valence-corrected chi connectivity index (χ3v) is 1.85. The number of nitrogens with two attached hydrogens (primary N) is 1. The van der Waals surface area contributed by atoms with Gasteiger partial charge in [-0.05, 0) is 25.0 Å². The zero-order valence-electron chi connectivity index (χ0n) is 8.23. The molecule has 4 heteroatoms. The number of rotatable bonds is 4. The highest BCUT2D eigenvalue weighted by Crippen LogP contribution is 1.95. The van der Waals surface area contributed by atoms with Gasteiger partial charge in [0.1, 0.15) is 0 Å². The largest absolute Gasteiger partial charge is 0.354 e. The Balaban J connectivity index is 2.26. The molecule has 0 fully saturated rings. The van der Waals surface area contributed by atoms with Crippen LogP contribution in [-0.2, 0) is 11.2 Å². The molecule has 0 aliphatic carbocycles. The van der Waals surface area contributed by atoms with Gasteiger partial charge in [0.05, 0.1) is 6.04 Å². The van der Waals surface area contributed by atoms with Crippen LogP contribution in [0, 0.1) is 0 Å². The first kappa shape index (κ1) is 10.7. The zero-order valence-corrected chi connectivity index (χ0v) is 8.23. The Hall–Kier alpha value is -1.42. The fourth-order valence-corrected chi connectivity index (χ4v) is 1.04. The maximum absolute atomic E-state index is 11.1. The predicted molar refractivity (Wildman–Crippen MR) is 54.6 cm³/mol. The summed E-state index contributed by atoms with van der Waals surface area (Å²) in [6, 6.07) is 3.41. The number of carbonyl (C=O) groups is 1. The molecule has 1 aromatic rings. The van der Waals surface area contributed by atoms with E-state index in [0.29, 0.717) is 6.54 Å². The van der Waals surface area contributed by atoms with Crippen LogP contribution in [0.5, 0.6) is 0 Å². The fourth-order valence-electron chi connectivity index (χ4n) is 1.04. The summed E-state index contributed by atoms with van der Waals surface area (Å²) in [6.45, 7) is 2.27. The molecule has 0 aliphatic rings. The standard InChI is InChI=1S/C10H15N3O/c1-8(11)10(14)13-6-4-9-3-2-5-12-7-9/h2-3,5,7-8H,4,6,11H2,1H3,(H,13,14)/t8-/m1/s1. The minimum atomic E-state index is -0.441. The Morgan fingerprint density at radius 2 is 2.50 bits per heavy atom. The van der Waals surface area contributed by atoms with Gasteiger partial charge in [0.15, 0.2) is 0 Å². The van der Waals surface area contributed by atoms with E-state index < -0.39 is 6.04 Å². The lowest BCUT2D eigenvalue weighted by atomic mass is 10.2. The molecule has 0 radical (unpaired) electrons. The zero-order chi connectivity index (χ0) is 10.4. The van der Waals surface area contributed by atoms with Crippen molar-refractivity contribution in [1.29, 1.82) is 0 Å². The molecule has 1 amide bonds. The van der Waals surface area contributed by atoms with Crippen molar-refractivity contribution in [3.63, 3.8) is 0 Å². The number of hydrogen-bond donors (Lipinski definition) is 2. The van der Waals surface area contributed by atoms with Crippen LogP contribution < -0.4 is 11.1 Å². The molecule has 1 rings (SSSR count). The molecule has 1 aromatic heterocycles. The van der Waals surface area contributed by atoms with Gasteiger partial charge in [0.25, 0.3) is 0 Å². The van der Waals surface area contributed by atoms with Gasteiger partial charge in [-0.15, -0.1) is 0 Å². The first-order valence-corrected chi connectivity index (χ1v) is 4.62. The maximum Gasteiger partial charge on any atom is 0.236 e. The van der Waals surface area contributed by atoms with Crippen molar-refractivity contribution < 1.29 is 4.79 Å². The smallest absolute Gasteiger partial charge is 0.236 e. The number of hydrogen-bond acceptors (Lipinski definition) is 3. The molecule has 0 bridgehead atoms. The minimum Gasteiger partial charge on any atom is -0.354 e. The molecule has 1 atom stereocenters. The Kier molecular flexibility index (Phi) is 4.07. The van der Waals surface area contributed by atoms with Crippen molar-refractivity contribution in [2.45, 2.75) is 19.4 Å². The van der Waals surface area contributed by atoms with Crippen molar-refractivity contribution in [2.75, 3.05) is 6.54 Å². The van der Waals surface area contributed by atoms with E-state index in [-0.39, 0.29) is 5.91 Å². The van der Waals surface area contributed by atoms with E-state index in [2.05, 4.69) is 10.3 Å². The van der Waals surface area contributed by atoms with Crippen LogP contribution in [0.1, 0.15) is 12.5 Å². The van der Waals surface area contributed by atoms with Gasteiger partial charge in [-0.1, -0.05) is 6.07 Å². The van der Waals surface area contributed by atoms with E-state index in [1.54, 1.807) is 19.3 Å². The number of carbonyl (C=O) groups excluding carboxylic acids is 1. The van der Waals surface area contributed by atoms with Crippen molar-refractivity contribution in [2.24, 2.45) is 5.73 Å². The van der Waals surface area contributed by atoms with Crippen LogP contribution in [0.15, 0.2) is 24.5 Å². The van der Waals surface area contributed by atoms with Crippen LogP contribution in [0.3, 0.4) is 0 Å². The highest BCUT2D eigenvalue weighted by Gasteiger charge is 2.05. The Labute approximate surface area is 83.5 Å². The second-order valence-electron chi connectivity index (χ2n) is 3.19. The highest BCUT2D eigenvalue weighted by molar-refractivity contribution is 5.80. The molecule has 4 nitrogen and oxygen atoms in total. The molecular formula is C10H15N3O. The van der Waals surface area contributed by atoms with Crippen LogP contribution in [-0.4, -0.2) is 23.5 Å². The molecule has 0 saturated carbocycles. The summed E-state index contributed by atoms with van der Waals surface area (Å²) in [4.78, 5) is 15.1. The maximum atomic E-state index is 11.1. The molecule has 0 saturated heterocycles. The van der Waals surface area contributed by atoms with E-state index >= 15 is 0 Å². The average molecular weight is 193 g/mol. The lowest BCUT2D eigenvalue weighted by molar-refractivity contribution is -0.121. The number of nitrogens with one attached hydrogen (secondary N) is 1. The summed E-state index contributed by atoms with van der Waals surface area (Å²) < 4.78 is 0. The van der Waals surface area contributed by atoms with Crippen LogP contribution in [0.25, 0.3) is 0 Å². The van der Waals surface area contributed by atoms with Crippen LogP contribution in [0.4, 0.5) is 0 Å². The Morgan fingerprint density at radius 3 is 3.07 bits per heavy atom. The fraction of sp³-hybridized carbons (Fsp3) is 0.400. The molecule has 0 unspecified atom stereocenters. The second-order valence-corrected chi connectivity index (χ2v) is 3.19. The molecule has 76 valence electrons. The van der Waals surface area contributed by atoms with Gasteiger partial charge >= 0.3 is 0 Å². The summed E-state index contributed by atoms with van der Waals surface area (Å²) >= 11 is 0. The average Bonchev–Trinajstić information content (AvgIpc) is 2.19. The van der Waals surface area contributed by atoms with Gasteiger partial charge in [-0.2, -0.15) is 0 Å². The van der Waals surface area contributed by atoms with E-state index in [1.165, 1.54) is 0 Å². The number of pyridine rings is 1. The SMILES string of the molecule is C[C@@H](N)C(=O)NCCc1cccnc1. The monoisotopic (exact) mass is 193 g/mol. The number of amides is 1. The minimum absolute atomic E-state index is 0.117. The van der Waals surface area contributed by atoms with Gasteiger partial charge in [0, 0.05) is 18.9 Å². The summed E-state index contributed by atoms with van der Waals surface area (Å²) in [5.41, 5.74) is 6.50. The van der Waals surface area contributed by atoms with Crippen molar-refractivity contribution >= 4 is 5.91 Å². The van der Waals surface area contributed by atoms with E-state index in [9.17, 15) is 4.79 Å². The summed E-state index contributed by atoms with van der Waals surface area (Å²) in [5, 5.41) is 2.74. The summed E-state index contributed by atoms with van der Waals surface area (Å²) in [5.74, 6) is -0.117. The van der Waals surface area contributed by atoms with Crippen LogP contribution >= 0.6 is 0 Å². The van der Waals surface area contributed by atoms with Crippen molar-refractivity contribution in [3.05, 3.63) is 30.1 Å². The normalized spacial score (nSPS) is 12.1. The van der Waals surface area contributed by atoms with E-state index in [1.807, 2.05) is 12.1 Å². The molecule has 0 aromatic carbocycles. The molecular weight excluding hydrogens is 178 g/mol. The van der Waals surface area contributed by atoms with Gasteiger partial charge in [-0.25, -0.2) is 0 Å².